The van der Waals surface area contributed by atoms with Gasteiger partial charge in [0, 0.05) is 55.9 Å². The Bertz CT molecular complexity index is 1700. The Hall–Kier alpha value is -2.90. The lowest BCUT2D eigenvalue weighted by Gasteiger charge is -2.35. The molecule has 3 N–H and O–H groups in total. The molecule has 2 unspecified atom stereocenters. The highest BCUT2D eigenvalue weighted by Gasteiger charge is 2.45. The minimum atomic E-state index is -0.611. The van der Waals surface area contributed by atoms with Crippen molar-refractivity contribution < 1.29 is 18.3 Å². The van der Waals surface area contributed by atoms with Gasteiger partial charge in [0.1, 0.15) is 23.8 Å². The van der Waals surface area contributed by atoms with Crippen LogP contribution in [-0.2, 0) is 4.74 Å². The van der Waals surface area contributed by atoms with E-state index in [1.54, 1.807) is 20.3 Å². The monoisotopic (exact) mass is 673 g/mol. The van der Waals surface area contributed by atoms with E-state index in [4.69, 9.17) is 27.1 Å². The highest BCUT2D eigenvalue weighted by molar-refractivity contribution is 7.22. The summed E-state index contributed by atoms with van der Waals surface area (Å²) in [6.07, 6.45) is 6.67. The van der Waals surface area contributed by atoms with Crippen LogP contribution in [0, 0.1) is 11.6 Å². The first-order valence-electron chi connectivity index (χ1n) is 16.1. The van der Waals surface area contributed by atoms with Gasteiger partial charge in [-0.05, 0) is 69.8 Å². The number of halogens is 3. The van der Waals surface area contributed by atoms with Crippen molar-refractivity contribution in [3.05, 3.63) is 34.9 Å². The number of rotatable bonds is 5. The van der Waals surface area contributed by atoms with Crippen molar-refractivity contribution in [2.75, 3.05) is 57.6 Å². The fourth-order valence-corrected chi connectivity index (χ4v) is 8.59. The van der Waals surface area contributed by atoms with E-state index in [0.29, 0.717) is 35.5 Å². The van der Waals surface area contributed by atoms with Crippen molar-refractivity contribution in [3.63, 3.8) is 0 Å². The van der Waals surface area contributed by atoms with Crippen molar-refractivity contribution in [1.82, 2.24) is 25.2 Å². The first kappa shape index (κ1) is 33.0. The number of benzene rings is 2. The maximum Gasteiger partial charge on any atom is 0.319 e. The van der Waals surface area contributed by atoms with E-state index in [0.717, 1.165) is 76.0 Å². The third kappa shape index (κ3) is 5.98. The SMILES string of the molecule is CC.COC.Nc1nc2c(-c3c(Cl)cc4c(N5CC6CCC(C5)N6)nc(OCC56CCCN5CCC6)nc4c3F)ccc(F)c2s1. The topological polar surface area (TPSA) is 102 Å². The van der Waals surface area contributed by atoms with Gasteiger partial charge in [0.2, 0.25) is 0 Å². The molecule has 46 heavy (non-hydrogen) atoms. The molecule has 13 heteroatoms. The number of piperazine rings is 1. The van der Waals surface area contributed by atoms with E-state index in [2.05, 4.69) is 29.8 Å². The molecule has 0 radical (unpaired) electrons. The molecule has 0 aliphatic carbocycles. The molecule has 4 saturated heterocycles. The smallest absolute Gasteiger partial charge is 0.319 e. The van der Waals surface area contributed by atoms with Gasteiger partial charge in [-0.15, -0.1) is 0 Å². The van der Waals surface area contributed by atoms with Gasteiger partial charge in [0.05, 0.1) is 20.8 Å². The summed E-state index contributed by atoms with van der Waals surface area (Å²) in [4.78, 5) is 18.6. The first-order valence-corrected chi connectivity index (χ1v) is 17.3. The van der Waals surface area contributed by atoms with Crippen molar-refractivity contribution in [1.29, 1.82) is 0 Å². The Labute approximate surface area is 277 Å². The summed E-state index contributed by atoms with van der Waals surface area (Å²) < 4.78 is 42.1. The molecule has 0 amide bonds. The number of methoxy groups -OCH3 is 1. The number of hydrogen-bond donors (Lipinski definition) is 2. The fourth-order valence-electron chi connectivity index (χ4n) is 7.54. The van der Waals surface area contributed by atoms with Gasteiger partial charge in [-0.3, -0.25) is 4.90 Å². The second-order valence-electron chi connectivity index (χ2n) is 12.3. The van der Waals surface area contributed by atoms with Gasteiger partial charge in [-0.25, -0.2) is 13.8 Å². The first-order chi connectivity index (χ1) is 22.3. The third-order valence-corrected chi connectivity index (χ3v) is 10.6. The van der Waals surface area contributed by atoms with Crippen molar-refractivity contribution in [2.45, 2.75) is 70.0 Å². The summed E-state index contributed by atoms with van der Waals surface area (Å²) in [5, 5.41) is 4.55. The average Bonchev–Trinajstić information content (AvgIpc) is 3.82. The highest BCUT2D eigenvalue weighted by Crippen LogP contribution is 2.44. The third-order valence-electron chi connectivity index (χ3n) is 9.42. The summed E-state index contributed by atoms with van der Waals surface area (Å²) in [6, 6.07) is 5.39. The normalized spacial score (nSPS) is 21.6. The highest BCUT2D eigenvalue weighted by atomic mass is 35.5. The van der Waals surface area contributed by atoms with Crippen molar-refractivity contribution >= 4 is 55.0 Å². The van der Waals surface area contributed by atoms with E-state index in [-0.39, 0.29) is 43.0 Å². The van der Waals surface area contributed by atoms with Crippen LogP contribution in [0.2, 0.25) is 5.02 Å². The number of nitrogens with one attached hydrogen (secondary N) is 1. The number of ether oxygens (including phenoxy) is 2. The van der Waals surface area contributed by atoms with Gasteiger partial charge in [-0.2, -0.15) is 9.97 Å². The Morgan fingerprint density at radius 3 is 2.39 bits per heavy atom. The lowest BCUT2D eigenvalue weighted by molar-refractivity contribution is 0.108. The average molecular weight is 674 g/mol. The molecule has 2 bridgehead atoms. The van der Waals surface area contributed by atoms with Gasteiger partial charge >= 0.3 is 6.01 Å². The Kier molecular flexibility index (Phi) is 9.82. The van der Waals surface area contributed by atoms with Gasteiger partial charge in [0.25, 0.3) is 0 Å². The number of aromatic nitrogens is 3. The van der Waals surface area contributed by atoms with Gasteiger partial charge in [-0.1, -0.05) is 36.8 Å². The van der Waals surface area contributed by atoms with Crippen LogP contribution in [0.5, 0.6) is 6.01 Å². The van der Waals surface area contributed by atoms with Gasteiger partial charge in [0.15, 0.2) is 10.9 Å². The Morgan fingerprint density at radius 1 is 1.04 bits per heavy atom. The van der Waals surface area contributed by atoms with Gasteiger partial charge < -0.3 is 25.4 Å². The molecule has 0 saturated carbocycles. The van der Waals surface area contributed by atoms with Crippen LogP contribution in [0.1, 0.15) is 52.4 Å². The second kappa shape index (κ2) is 13.7. The molecule has 4 aromatic rings. The number of fused-ring (bicyclic) bond motifs is 5. The summed E-state index contributed by atoms with van der Waals surface area (Å²) in [5.74, 6) is -0.443. The minimum Gasteiger partial charge on any atom is -0.461 e. The molecule has 6 heterocycles. The molecule has 9 nitrogen and oxygen atoms in total. The molecule has 2 aromatic heterocycles. The quantitative estimate of drug-likeness (QED) is 0.241. The van der Waals surface area contributed by atoms with E-state index in [1.807, 2.05) is 13.8 Å². The van der Waals surface area contributed by atoms with Crippen LogP contribution in [-0.4, -0.2) is 84.5 Å². The van der Waals surface area contributed by atoms with E-state index in [9.17, 15) is 4.39 Å². The summed E-state index contributed by atoms with van der Waals surface area (Å²) in [5.41, 5.74) is 6.79. The van der Waals surface area contributed by atoms with E-state index in [1.165, 1.54) is 12.1 Å². The molecule has 4 aliphatic rings. The largest absolute Gasteiger partial charge is 0.461 e. The van der Waals surface area contributed by atoms with Crippen molar-refractivity contribution in [3.8, 4) is 17.1 Å². The molecule has 2 aromatic carbocycles. The standard InChI is InChI=1S/C29H30ClF2N7OS.C2H6O.C2H6/c30-19-11-18-23(22(32)21(19)17-5-6-20(31)25-24(17)35-27(33)41-25)36-28(40-14-29-7-1-9-39(29)10-2-8-29)37-26(18)38-12-15-3-4-16(13-38)34-15;1-3-2;1-2/h5-6,11,15-16,34H,1-4,7-10,12-14H2,(H2,33,35);1-2H3;1-2H3. The van der Waals surface area contributed by atoms with Crippen LogP contribution in [0.3, 0.4) is 0 Å². The number of anilines is 2. The predicted molar refractivity (Wildman–Crippen MR) is 182 cm³/mol. The molecule has 4 fully saturated rings. The van der Waals surface area contributed by atoms with Crippen LogP contribution < -0.4 is 20.7 Å². The lowest BCUT2D eigenvalue weighted by atomic mass is 9.95. The van der Waals surface area contributed by atoms with Crippen LogP contribution >= 0.6 is 22.9 Å². The Morgan fingerprint density at radius 2 is 1.72 bits per heavy atom. The van der Waals surface area contributed by atoms with Crippen LogP contribution in [0.4, 0.5) is 19.7 Å². The van der Waals surface area contributed by atoms with E-state index >= 15 is 4.39 Å². The predicted octanol–water partition coefficient (Wildman–Crippen LogP) is 6.66. The molecule has 0 spiro atoms. The zero-order valence-electron chi connectivity index (χ0n) is 26.8. The van der Waals surface area contributed by atoms with E-state index < -0.39 is 11.6 Å². The number of thiazole rings is 1. The minimum absolute atomic E-state index is 0.000597. The number of nitrogens with two attached hydrogens (primary N) is 1. The summed E-state index contributed by atoms with van der Waals surface area (Å²) in [6.45, 7) is 8.17. The zero-order chi connectivity index (χ0) is 32.6. The molecule has 248 valence electrons. The maximum atomic E-state index is 16.7. The Balaban J connectivity index is 0.000000704. The lowest BCUT2D eigenvalue weighted by Crippen LogP contribution is -2.51. The number of hydrogen-bond acceptors (Lipinski definition) is 10. The molecule has 8 rings (SSSR count). The van der Waals surface area contributed by atoms with Crippen molar-refractivity contribution in [2.24, 2.45) is 0 Å². The van der Waals surface area contributed by atoms with Crippen LogP contribution in [0.25, 0.3) is 32.2 Å². The second-order valence-corrected chi connectivity index (χ2v) is 13.7. The molecular weight excluding hydrogens is 632 g/mol. The molecule has 2 atom stereocenters. The summed E-state index contributed by atoms with van der Waals surface area (Å²) >= 11 is 7.83. The maximum absolute atomic E-state index is 16.7. The zero-order valence-corrected chi connectivity index (χ0v) is 28.4. The number of nitrogen functional groups attached to an aromatic ring is 1. The molecular formula is C33H42ClF2N7O2S. The summed E-state index contributed by atoms with van der Waals surface area (Å²) in [7, 11) is 3.25. The fraction of sp³-hybridized carbons (Fsp3) is 0.545. The molecule has 4 aliphatic heterocycles. The number of nitrogens with zero attached hydrogens (tertiary/aromatic N) is 5. The van der Waals surface area contributed by atoms with Crippen LogP contribution in [0.15, 0.2) is 18.2 Å².